The second-order valence-corrected chi connectivity index (χ2v) is 4.31. The third kappa shape index (κ3) is 2.82. The standard InChI is InChI=1S/C10H18N6O2/c1-3-11-8-5-18-4-7(8)10(17)12-6(2)9-13-15-16-14-9/h6-8,11H,3-5H2,1-2H3,(H,12,17)(H,13,14,15,16). The SMILES string of the molecule is CCNC1COCC1C(=O)NC(C)c1nn[nH]n1. The summed E-state index contributed by atoms with van der Waals surface area (Å²) < 4.78 is 5.34. The number of hydrogen-bond donors (Lipinski definition) is 3. The monoisotopic (exact) mass is 254 g/mol. The van der Waals surface area contributed by atoms with Gasteiger partial charge in [-0.3, -0.25) is 4.79 Å². The van der Waals surface area contributed by atoms with Gasteiger partial charge in [0, 0.05) is 6.04 Å². The summed E-state index contributed by atoms with van der Waals surface area (Å²) in [6.07, 6.45) is 0. The number of carbonyl (C=O) groups excluding carboxylic acids is 1. The Kier molecular flexibility index (Phi) is 4.21. The molecule has 0 aliphatic carbocycles. The van der Waals surface area contributed by atoms with Gasteiger partial charge in [-0.05, 0) is 13.5 Å². The predicted octanol–water partition coefficient (Wildman–Crippen LogP) is -0.999. The molecule has 3 N–H and O–H groups in total. The van der Waals surface area contributed by atoms with Crippen molar-refractivity contribution in [2.45, 2.75) is 25.9 Å². The number of likely N-dealkylation sites (N-methyl/N-ethyl adjacent to an activating group) is 1. The molecule has 0 radical (unpaired) electrons. The molecule has 100 valence electrons. The van der Waals surface area contributed by atoms with Crippen molar-refractivity contribution in [1.82, 2.24) is 31.3 Å². The highest BCUT2D eigenvalue weighted by atomic mass is 16.5. The third-order valence-corrected chi connectivity index (χ3v) is 2.99. The molecule has 0 aromatic carbocycles. The summed E-state index contributed by atoms with van der Waals surface area (Å²) in [6, 6.07) is -0.188. The number of aromatic nitrogens is 4. The molecule has 8 heteroatoms. The van der Waals surface area contributed by atoms with Crippen molar-refractivity contribution in [2.75, 3.05) is 19.8 Å². The molecule has 1 amide bonds. The first-order valence-electron chi connectivity index (χ1n) is 6.07. The molecule has 0 bridgehead atoms. The molecule has 3 unspecified atom stereocenters. The van der Waals surface area contributed by atoms with Crippen molar-refractivity contribution in [2.24, 2.45) is 5.92 Å². The van der Waals surface area contributed by atoms with Crippen molar-refractivity contribution in [1.29, 1.82) is 0 Å². The second-order valence-electron chi connectivity index (χ2n) is 4.31. The average molecular weight is 254 g/mol. The number of tetrazole rings is 1. The summed E-state index contributed by atoms with van der Waals surface area (Å²) >= 11 is 0. The zero-order valence-corrected chi connectivity index (χ0v) is 10.5. The van der Waals surface area contributed by atoms with Crippen molar-refractivity contribution < 1.29 is 9.53 Å². The van der Waals surface area contributed by atoms with E-state index >= 15 is 0 Å². The van der Waals surface area contributed by atoms with Gasteiger partial charge in [-0.25, -0.2) is 0 Å². The van der Waals surface area contributed by atoms with E-state index in [9.17, 15) is 4.79 Å². The van der Waals surface area contributed by atoms with Crippen LogP contribution in [0.25, 0.3) is 0 Å². The van der Waals surface area contributed by atoms with E-state index in [4.69, 9.17) is 4.74 Å². The lowest BCUT2D eigenvalue weighted by atomic mass is 10.0. The van der Waals surface area contributed by atoms with Gasteiger partial charge in [-0.2, -0.15) is 5.21 Å². The van der Waals surface area contributed by atoms with Crippen LogP contribution in [0.5, 0.6) is 0 Å². The summed E-state index contributed by atoms with van der Waals surface area (Å²) in [5.74, 6) is 0.261. The number of H-pyrrole nitrogens is 1. The van der Waals surface area contributed by atoms with Gasteiger partial charge in [0.05, 0.1) is 25.2 Å². The van der Waals surface area contributed by atoms with Crippen LogP contribution in [0, 0.1) is 5.92 Å². The van der Waals surface area contributed by atoms with E-state index in [0.717, 1.165) is 6.54 Å². The summed E-state index contributed by atoms with van der Waals surface area (Å²) in [5.41, 5.74) is 0. The van der Waals surface area contributed by atoms with Gasteiger partial charge in [0.2, 0.25) is 5.91 Å². The molecule has 0 saturated carbocycles. The molecule has 1 fully saturated rings. The highest BCUT2D eigenvalue weighted by Crippen LogP contribution is 2.15. The Hall–Kier alpha value is -1.54. The predicted molar refractivity (Wildman–Crippen MR) is 62.5 cm³/mol. The van der Waals surface area contributed by atoms with Gasteiger partial charge in [0.15, 0.2) is 5.82 Å². The van der Waals surface area contributed by atoms with E-state index in [1.54, 1.807) is 0 Å². The van der Waals surface area contributed by atoms with Crippen molar-refractivity contribution in [3.63, 3.8) is 0 Å². The van der Waals surface area contributed by atoms with Gasteiger partial charge in [-0.1, -0.05) is 12.1 Å². The van der Waals surface area contributed by atoms with Crippen LogP contribution in [0.1, 0.15) is 25.7 Å². The van der Waals surface area contributed by atoms with Gasteiger partial charge in [0.1, 0.15) is 0 Å². The Bertz CT molecular complexity index is 382. The first-order chi connectivity index (χ1) is 8.72. The largest absolute Gasteiger partial charge is 0.379 e. The Morgan fingerprint density at radius 1 is 1.61 bits per heavy atom. The van der Waals surface area contributed by atoms with Gasteiger partial charge < -0.3 is 15.4 Å². The summed E-state index contributed by atoms with van der Waals surface area (Å²) in [4.78, 5) is 12.1. The Morgan fingerprint density at radius 2 is 2.44 bits per heavy atom. The number of nitrogens with one attached hydrogen (secondary N) is 3. The molecule has 3 atom stereocenters. The van der Waals surface area contributed by atoms with Crippen molar-refractivity contribution in [3.05, 3.63) is 5.82 Å². The van der Waals surface area contributed by atoms with Gasteiger partial charge in [0.25, 0.3) is 0 Å². The van der Waals surface area contributed by atoms with E-state index < -0.39 is 0 Å². The van der Waals surface area contributed by atoms with Crippen LogP contribution in [0.2, 0.25) is 0 Å². The molecular formula is C10H18N6O2. The molecule has 2 rings (SSSR count). The van der Waals surface area contributed by atoms with E-state index in [2.05, 4.69) is 31.3 Å². The summed E-state index contributed by atoms with van der Waals surface area (Å²) in [6.45, 7) is 5.67. The number of aromatic amines is 1. The zero-order chi connectivity index (χ0) is 13.0. The molecular weight excluding hydrogens is 236 g/mol. The lowest BCUT2D eigenvalue weighted by molar-refractivity contribution is -0.126. The average Bonchev–Trinajstić information content (AvgIpc) is 3.00. The number of carbonyl (C=O) groups is 1. The number of rotatable bonds is 5. The van der Waals surface area contributed by atoms with E-state index in [-0.39, 0.29) is 23.9 Å². The summed E-state index contributed by atoms with van der Waals surface area (Å²) in [5, 5.41) is 19.6. The number of hydrogen-bond acceptors (Lipinski definition) is 6. The molecule has 1 aliphatic rings. The van der Waals surface area contributed by atoms with Crippen molar-refractivity contribution in [3.8, 4) is 0 Å². The van der Waals surface area contributed by atoms with E-state index in [0.29, 0.717) is 19.0 Å². The maximum Gasteiger partial charge on any atom is 0.227 e. The first-order valence-corrected chi connectivity index (χ1v) is 6.07. The molecule has 0 spiro atoms. The first kappa shape index (κ1) is 12.9. The smallest absolute Gasteiger partial charge is 0.227 e. The Labute approximate surface area is 105 Å². The highest BCUT2D eigenvalue weighted by molar-refractivity contribution is 5.80. The second kappa shape index (κ2) is 5.87. The van der Waals surface area contributed by atoms with Gasteiger partial charge in [-0.15, -0.1) is 10.2 Å². The quantitative estimate of drug-likeness (QED) is 0.622. The van der Waals surface area contributed by atoms with Crippen LogP contribution in [0.15, 0.2) is 0 Å². The normalized spacial score (nSPS) is 25.0. The van der Waals surface area contributed by atoms with Crippen LogP contribution in [0.4, 0.5) is 0 Å². The topological polar surface area (TPSA) is 105 Å². The van der Waals surface area contributed by atoms with E-state index in [1.807, 2.05) is 13.8 Å². The Balaban J connectivity index is 1.91. The molecule has 1 aliphatic heterocycles. The minimum absolute atomic E-state index is 0.0456. The fourth-order valence-corrected chi connectivity index (χ4v) is 2.01. The molecule has 1 saturated heterocycles. The number of amides is 1. The van der Waals surface area contributed by atoms with Crippen LogP contribution in [-0.2, 0) is 9.53 Å². The minimum atomic E-state index is -0.265. The maximum atomic E-state index is 12.1. The molecule has 1 aromatic rings. The minimum Gasteiger partial charge on any atom is -0.379 e. The Morgan fingerprint density at radius 3 is 3.11 bits per heavy atom. The number of ether oxygens (including phenoxy) is 1. The molecule has 18 heavy (non-hydrogen) atoms. The zero-order valence-electron chi connectivity index (χ0n) is 10.5. The highest BCUT2D eigenvalue weighted by Gasteiger charge is 2.34. The molecule has 1 aromatic heterocycles. The lowest BCUT2D eigenvalue weighted by Gasteiger charge is -2.19. The molecule has 8 nitrogen and oxygen atoms in total. The third-order valence-electron chi connectivity index (χ3n) is 2.99. The fourth-order valence-electron chi connectivity index (χ4n) is 2.01. The summed E-state index contributed by atoms with van der Waals surface area (Å²) in [7, 11) is 0. The van der Waals surface area contributed by atoms with Crippen LogP contribution >= 0.6 is 0 Å². The number of nitrogens with zero attached hydrogens (tertiary/aromatic N) is 3. The van der Waals surface area contributed by atoms with Crippen LogP contribution in [0.3, 0.4) is 0 Å². The van der Waals surface area contributed by atoms with Crippen molar-refractivity contribution >= 4 is 5.91 Å². The van der Waals surface area contributed by atoms with E-state index in [1.165, 1.54) is 0 Å². The van der Waals surface area contributed by atoms with Crippen LogP contribution < -0.4 is 10.6 Å². The van der Waals surface area contributed by atoms with Crippen LogP contribution in [-0.4, -0.2) is 52.3 Å². The maximum absolute atomic E-state index is 12.1. The van der Waals surface area contributed by atoms with Gasteiger partial charge >= 0.3 is 0 Å². The fraction of sp³-hybridized carbons (Fsp3) is 0.800. The molecule has 2 heterocycles. The lowest BCUT2D eigenvalue weighted by Crippen LogP contribution is -2.44.